The van der Waals surface area contributed by atoms with Crippen LogP contribution < -0.4 is 0 Å². The minimum Gasteiger partial charge on any atom is -0.462 e. The van der Waals surface area contributed by atoms with Crippen LogP contribution in [0.4, 0.5) is 0 Å². The first-order valence-electron chi connectivity index (χ1n) is 13.6. The molecule has 1 aromatic heterocycles. The fraction of sp³-hybridized carbons (Fsp3) is 0.821. The van der Waals surface area contributed by atoms with Crippen molar-refractivity contribution in [2.45, 2.75) is 90.7 Å². The summed E-state index contributed by atoms with van der Waals surface area (Å²) in [5, 5.41) is 15.0. The molecule has 0 radical (unpaired) electrons. The summed E-state index contributed by atoms with van der Waals surface area (Å²) in [6.45, 7) is 6.83. The summed E-state index contributed by atoms with van der Waals surface area (Å²) in [7, 11) is 0. The zero-order valence-electron chi connectivity index (χ0n) is 21.0. The Bertz CT molecular complexity index is 992. The van der Waals surface area contributed by atoms with Crippen LogP contribution in [0.15, 0.2) is 12.4 Å². The highest BCUT2D eigenvalue weighted by atomic mass is 16.5. The molecule has 0 saturated heterocycles. The summed E-state index contributed by atoms with van der Waals surface area (Å²) in [5.74, 6) is 4.31. The monoisotopic (exact) mass is 468 g/mol. The van der Waals surface area contributed by atoms with Gasteiger partial charge in [0, 0.05) is 11.6 Å². The number of ether oxygens (including phenoxy) is 1. The fourth-order valence-corrected chi connectivity index (χ4v) is 9.93. The van der Waals surface area contributed by atoms with E-state index in [2.05, 4.69) is 12.0 Å². The molecule has 1 heterocycles. The largest absolute Gasteiger partial charge is 0.462 e. The number of esters is 1. The third-order valence-electron chi connectivity index (χ3n) is 11.3. The second kappa shape index (κ2) is 7.65. The molecule has 0 spiro atoms. The molecule has 7 atom stereocenters. The van der Waals surface area contributed by atoms with Gasteiger partial charge in [0.2, 0.25) is 0 Å². The lowest BCUT2D eigenvalue weighted by Crippen LogP contribution is -2.52. The maximum atomic E-state index is 13.8. The highest BCUT2D eigenvalue weighted by molar-refractivity contribution is 5.90. The van der Waals surface area contributed by atoms with Crippen LogP contribution in [0.1, 0.15) is 88.9 Å². The Hall–Kier alpha value is -1.69. The molecule has 2 bridgehead atoms. The fourth-order valence-electron chi connectivity index (χ4n) is 9.93. The van der Waals surface area contributed by atoms with E-state index in [4.69, 9.17) is 4.74 Å². The molecular formula is C28H40N2O4. The van der Waals surface area contributed by atoms with Crippen molar-refractivity contribution < 1.29 is 19.4 Å². The molecule has 0 unspecified atom stereocenters. The van der Waals surface area contributed by atoms with Crippen LogP contribution in [0.2, 0.25) is 0 Å². The van der Waals surface area contributed by atoms with Gasteiger partial charge in [0.25, 0.3) is 0 Å². The average molecular weight is 469 g/mol. The van der Waals surface area contributed by atoms with Gasteiger partial charge in [0.05, 0.1) is 24.0 Å². The average Bonchev–Trinajstić information content (AvgIpc) is 3.39. The van der Waals surface area contributed by atoms with Crippen molar-refractivity contribution in [3.8, 4) is 0 Å². The van der Waals surface area contributed by atoms with Crippen molar-refractivity contribution in [1.82, 2.24) is 9.78 Å². The lowest BCUT2D eigenvalue weighted by Gasteiger charge is -2.57. The number of nitrogens with zero attached hydrogens (tertiary/aromatic N) is 2. The number of rotatable bonds is 5. The zero-order chi connectivity index (χ0) is 23.9. The topological polar surface area (TPSA) is 81.4 Å². The van der Waals surface area contributed by atoms with E-state index in [1.165, 1.54) is 31.9 Å². The van der Waals surface area contributed by atoms with Crippen LogP contribution >= 0.6 is 0 Å². The van der Waals surface area contributed by atoms with E-state index in [-0.39, 0.29) is 23.3 Å². The molecule has 0 aliphatic heterocycles. The number of aromatic nitrogens is 2. The van der Waals surface area contributed by atoms with E-state index in [1.54, 1.807) is 17.8 Å². The molecule has 6 saturated carbocycles. The SMILES string of the molecule is CCOC(=O)c1cnn(CC(=O)C23CC(C2)[C@H]2[C@@H]4CC[C@@H]5C[C@](C)(O)CC[C@@H]5[C@H]4CC[C@@]23C)c1. The molecule has 7 rings (SSSR count). The van der Waals surface area contributed by atoms with Crippen molar-refractivity contribution in [2.24, 2.45) is 46.3 Å². The maximum Gasteiger partial charge on any atom is 0.341 e. The molecule has 186 valence electrons. The molecule has 1 aromatic rings. The smallest absolute Gasteiger partial charge is 0.341 e. The Morgan fingerprint density at radius 2 is 1.82 bits per heavy atom. The predicted molar refractivity (Wildman–Crippen MR) is 127 cm³/mol. The summed E-state index contributed by atoms with van der Waals surface area (Å²) >= 11 is 0. The van der Waals surface area contributed by atoms with Gasteiger partial charge in [-0.3, -0.25) is 9.48 Å². The Labute approximate surface area is 202 Å². The van der Waals surface area contributed by atoms with Crippen LogP contribution in [0.5, 0.6) is 0 Å². The van der Waals surface area contributed by atoms with Gasteiger partial charge < -0.3 is 9.84 Å². The molecule has 1 N–H and O–H groups in total. The van der Waals surface area contributed by atoms with Crippen LogP contribution in [-0.4, -0.2) is 38.8 Å². The predicted octanol–water partition coefficient (Wildman–Crippen LogP) is 4.65. The number of hydrogen-bond donors (Lipinski definition) is 1. The Morgan fingerprint density at radius 3 is 2.59 bits per heavy atom. The van der Waals surface area contributed by atoms with E-state index >= 15 is 0 Å². The highest BCUT2D eigenvalue weighted by Gasteiger charge is 2.75. The molecule has 6 heteroatoms. The molecular weight excluding hydrogens is 428 g/mol. The van der Waals surface area contributed by atoms with E-state index in [0.717, 1.165) is 49.9 Å². The van der Waals surface area contributed by atoms with Gasteiger partial charge in [0.1, 0.15) is 6.54 Å². The number of aliphatic hydroxyl groups is 1. The summed E-state index contributed by atoms with van der Waals surface area (Å²) in [6, 6.07) is 0. The van der Waals surface area contributed by atoms with Crippen molar-refractivity contribution in [3.63, 3.8) is 0 Å². The minimum absolute atomic E-state index is 0.0973. The molecule has 0 aromatic carbocycles. The molecule has 6 aliphatic rings. The first-order chi connectivity index (χ1) is 16.2. The first-order valence-corrected chi connectivity index (χ1v) is 13.6. The number of hydrogen-bond acceptors (Lipinski definition) is 5. The molecule has 0 amide bonds. The molecule has 6 nitrogen and oxygen atoms in total. The summed E-state index contributed by atoms with van der Waals surface area (Å²) < 4.78 is 6.71. The van der Waals surface area contributed by atoms with Crippen LogP contribution in [0, 0.1) is 46.3 Å². The maximum absolute atomic E-state index is 13.8. The second-order valence-electron chi connectivity index (χ2n) is 12.9. The zero-order valence-corrected chi connectivity index (χ0v) is 21.0. The highest BCUT2D eigenvalue weighted by Crippen LogP contribution is 2.78. The van der Waals surface area contributed by atoms with Crippen molar-refractivity contribution in [3.05, 3.63) is 18.0 Å². The minimum atomic E-state index is -0.470. The molecule has 6 aliphatic carbocycles. The third-order valence-corrected chi connectivity index (χ3v) is 11.3. The van der Waals surface area contributed by atoms with Crippen molar-refractivity contribution >= 4 is 11.8 Å². The third kappa shape index (κ3) is 3.12. The Morgan fingerprint density at radius 1 is 1.06 bits per heavy atom. The van der Waals surface area contributed by atoms with E-state index in [9.17, 15) is 14.7 Å². The lowest BCUT2D eigenvalue weighted by atomic mass is 9.48. The Balaban J connectivity index is 1.19. The second-order valence-corrected chi connectivity index (χ2v) is 12.9. The number of carbonyl (C=O) groups is 2. The Kier molecular flexibility index (Phi) is 5.12. The number of ketones is 1. The van der Waals surface area contributed by atoms with Gasteiger partial charge in [-0.25, -0.2) is 4.79 Å². The summed E-state index contributed by atoms with van der Waals surface area (Å²) in [5.41, 5.74) is -0.170. The van der Waals surface area contributed by atoms with Crippen molar-refractivity contribution in [2.75, 3.05) is 6.61 Å². The van der Waals surface area contributed by atoms with Crippen LogP contribution in [0.25, 0.3) is 0 Å². The number of carbonyl (C=O) groups excluding carboxylic acids is 2. The molecule has 34 heavy (non-hydrogen) atoms. The molecule has 6 fully saturated rings. The quantitative estimate of drug-likeness (QED) is 0.636. The summed E-state index contributed by atoms with van der Waals surface area (Å²) in [4.78, 5) is 25.8. The van der Waals surface area contributed by atoms with Gasteiger partial charge in [0.15, 0.2) is 5.78 Å². The van der Waals surface area contributed by atoms with E-state index in [0.29, 0.717) is 35.7 Å². The van der Waals surface area contributed by atoms with Gasteiger partial charge in [-0.2, -0.15) is 5.10 Å². The van der Waals surface area contributed by atoms with Gasteiger partial charge >= 0.3 is 5.97 Å². The number of fused-ring (bicyclic) bond motifs is 3. The van der Waals surface area contributed by atoms with Gasteiger partial charge in [-0.1, -0.05) is 6.92 Å². The first kappa shape index (κ1) is 22.8. The normalized spacial score (nSPS) is 46.6. The van der Waals surface area contributed by atoms with Gasteiger partial charge in [-0.05, 0) is 113 Å². The van der Waals surface area contributed by atoms with Gasteiger partial charge in [-0.15, -0.1) is 0 Å². The van der Waals surface area contributed by atoms with E-state index < -0.39 is 5.60 Å². The van der Waals surface area contributed by atoms with Crippen molar-refractivity contribution in [1.29, 1.82) is 0 Å². The standard InChI is InChI=1S/C28H40N2O4/c1-4-34-25(32)19-14-29-30(15-19)16-23(31)28-12-18(13-28)24-22-6-5-17-11-26(2,33)9-7-20(17)21(22)8-10-27(24,28)3/h14-15,17-18,20-22,24,33H,4-13,16H2,1-3H3/t17-,18?,20+,21-,22-,24+,26-,27+,28?/m1/s1. The summed E-state index contributed by atoms with van der Waals surface area (Å²) in [6.07, 6.45) is 13.3. The van der Waals surface area contributed by atoms with Crippen LogP contribution in [-0.2, 0) is 16.1 Å². The van der Waals surface area contributed by atoms with E-state index in [1.807, 2.05) is 6.92 Å². The lowest BCUT2D eigenvalue weighted by molar-refractivity contribution is -0.144. The van der Waals surface area contributed by atoms with Crippen LogP contribution in [0.3, 0.4) is 0 Å². The number of Topliss-reactive ketones (excluding diaryl/α,β-unsaturated/α-hetero) is 1.